The zero-order valence-electron chi connectivity index (χ0n) is 19.0. The van der Waals surface area contributed by atoms with Gasteiger partial charge in [0.25, 0.3) is 0 Å². The molecule has 183 valence electrons. The number of aliphatic carboxylic acids is 2. The monoisotopic (exact) mass is 511 g/mol. The molecule has 9 heteroatoms. The Hall–Kier alpha value is -3.17. The van der Waals surface area contributed by atoms with Crippen LogP contribution >= 0.6 is 0 Å². The molecular formula is C25H28CoN2O6. The summed E-state index contributed by atoms with van der Waals surface area (Å²) in [6.07, 6.45) is 7.90. The molecule has 2 bridgehead atoms. The van der Waals surface area contributed by atoms with Crippen LogP contribution in [0.25, 0.3) is 0 Å². The van der Waals surface area contributed by atoms with Crippen LogP contribution in [-0.2, 0) is 26.4 Å². The van der Waals surface area contributed by atoms with E-state index in [0.29, 0.717) is 5.92 Å². The van der Waals surface area contributed by atoms with E-state index in [-0.39, 0.29) is 39.9 Å². The van der Waals surface area contributed by atoms with E-state index in [1.54, 1.807) is 24.6 Å². The molecule has 4 rings (SSSR count). The van der Waals surface area contributed by atoms with Crippen molar-refractivity contribution in [3.05, 3.63) is 59.7 Å². The van der Waals surface area contributed by atoms with Crippen molar-refractivity contribution in [1.82, 2.24) is 0 Å². The van der Waals surface area contributed by atoms with Gasteiger partial charge in [-0.15, -0.1) is 0 Å². The van der Waals surface area contributed by atoms with E-state index in [9.17, 15) is 10.2 Å². The molecule has 2 aliphatic rings. The molecule has 0 heterocycles. The Morgan fingerprint density at radius 3 is 1.88 bits per heavy atom. The van der Waals surface area contributed by atoms with Crippen LogP contribution in [0, 0.1) is 5.92 Å². The number of nitrogens with zero attached hydrogens (tertiary/aromatic N) is 2. The maximum absolute atomic E-state index is 9.95. The first-order valence-electron chi connectivity index (χ1n) is 10.6. The third kappa shape index (κ3) is 8.64. The third-order valence-electron chi connectivity index (χ3n) is 5.53. The van der Waals surface area contributed by atoms with Crippen molar-refractivity contribution in [3.8, 4) is 11.5 Å². The van der Waals surface area contributed by atoms with Gasteiger partial charge in [0, 0.05) is 35.5 Å². The largest absolute Gasteiger partial charge is 2.00 e. The van der Waals surface area contributed by atoms with Gasteiger partial charge in [-0.25, -0.2) is 0 Å². The number of carboxylic acids is 2. The Kier molecular flexibility index (Phi) is 11.5. The standard InChI is InChI=1S/C21H22N2O2.2C2H4O2.Co/c24-18-7-3-1-5-16(18)13-22-20-11-15-9-10-21(20,12-15)23-14-17-6-2-4-8-19(17)25;2*1-2(3)4;/h1-8,13-15,20,24-25H,9-12H2;2*1H3,(H,3,4);/q;;;+2/p-2. The number of fused-ring (bicyclic) bond motifs is 2. The second-order valence-corrected chi connectivity index (χ2v) is 8.10. The summed E-state index contributed by atoms with van der Waals surface area (Å²) in [5.41, 5.74) is 1.31. The van der Waals surface area contributed by atoms with Crippen LogP contribution in [0.2, 0.25) is 0 Å². The van der Waals surface area contributed by atoms with Gasteiger partial charge < -0.3 is 30.0 Å². The van der Waals surface area contributed by atoms with E-state index in [4.69, 9.17) is 29.8 Å². The van der Waals surface area contributed by atoms with Crippen molar-refractivity contribution in [3.63, 3.8) is 0 Å². The minimum absolute atomic E-state index is 0. The third-order valence-corrected chi connectivity index (χ3v) is 5.53. The fraction of sp³-hybridized carbons (Fsp3) is 0.360. The van der Waals surface area contributed by atoms with Crippen LogP contribution in [0.15, 0.2) is 58.5 Å². The van der Waals surface area contributed by atoms with Crippen molar-refractivity contribution in [1.29, 1.82) is 0 Å². The van der Waals surface area contributed by atoms with Gasteiger partial charge in [0.15, 0.2) is 0 Å². The summed E-state index contributed by atoms with van der Waals surface area (Å²) in [7, 11) is 0. The van der Waals surface area contributed by atoms with Crippen molar-refractivity contribution in [2.75, 3.05) is 0 Å². The number of hydrogen-bond acceptors (Lipinski definition) is 8. The number of benzene rings is 2. The summed E-state index contributed by atoms with van der Waals surface area (Å²) < 4.78 is 0. The molecule has 2 fully saturated rings. The van der Waals surface area contributed by atoms with Crippen LogP contribution in [0.5, 0.6) is 11.5 Å². The Balaban J connectivity index is 0.000000563. The molecule has 2 saturated carbocycles. The van der Waals surface area contributed by atoms with E-state index in [1.165, 1.54) is 6.42 Å². The van der Waals surface area contributed by atoms with Crippen LogP contribution in [0.3, 0.4) is 0 Å². The van der Waals surface area contributed by atoms with E-state index in [0.717, 1.165) is 44.2 Å². The predicted octanol–water partition coefficient (Wildman–Crippen LogP) is 1.46. The van der Waals surface area contributed by atoms with Crippen LogP contribution < -0.4 is 10.2 Å². The number of carbonyl (C=O) groups is 2. The number of phenols is 2. The van der Waals surface area contributed by atoms with Gasteiger partial charge in [0.2, 0.25) is 0 Å². The number of phenolic OH excluding ortho intramolecular Hbond substituents is 2. The molecule has 8 nitrogen and oxygen atoms in total. The van der Waals surface area contributed by atoms with Gasteiger partial charge in [0.1, 0.15) is 11.5 Å². The molecule has 2 aliphatic carbocycles. The van der Waals surface area contributed by atoms with Crippen molar-refractivity contribution in [2.24, 2.45) is 15.9 Å². The molecule has 34 heavy (non-hydrogen) atoms. The van der Waals surface area contributed by atoms with Crippen LogP contribution in [0.4, 0.5) is 0 Å². The van der Waals surface area contributed by atoms with Gasteiger partial charge in [0.05, 0.1) is 11.6 Å². The molecular weight excluding hydrogens is 483 g/mol. The van der Waals surface area contributed by atoms with Crippen LogP contribution in [-0.4, -0.2) is 46.2 Å². The number of aromatic hydroxyl groups is 2. The quantitative estimate of drug-likeness (QED) is 0.595. The zero-order valence-corrected chi connectivity index (χ0v) is 20.1. The molecule has 2 N–H and O–H groups in total. The molecule has 3 atom stereocenters. The number of hydrogen-bond donors (Lipinski definition) is 2. The molecule has 2 aromatic rings. The summed E-state index contributed by atoms with van der Waals surface area (Å²) >= 11 is 0. The topological polar surface area (TPSA) is 145 Å². The smallest absolute Gasteiger partial charge is 0.550 e. The summed E-state index contributed by atoms with van der Waals surface area (Å²) in [5, 5.41) is 37.6. The maximum atomic E-state index is 9.95. The first-order valence-corrected chi connectivity index (χ1v) is 10.6. The van der Waals surface area contributed by atoms with Crippen molar-refractivity contribution in [2.45, 2.75) is 51.1 Å². The summed E-state index contributed by atoms with van der Waals surface area (Å²) in [4.78, 5) is 27.5. The normalized spacial score (nSPS) is 22.3. The molecule has 1 radical (unpaired) electrons. The van der Waals surface area contributed by atoms with E-state index in [2.05, 4.69) is 0 Å². The van der Waals surface area contributed by atoms with Gasteiger partial charge in [-0.05, 0) is 69.7 Å². The second-order valence-electron chi connectivity index (χ2n) is 8.10. The first-order chi connectivity index (χ1) is 15.6. The van der Waals surface area contributed by atoms with Crippen LogP contribution in [0.1, 0.15) is 50.7 Å². The van der Waals surface area contributed by atoms with Gasteiger partial charge in [-0.1, -0.05) is 24.3 Å². The maximum Gasteiger partial charge on any atom is 2.00 e. The molecule has 0 saturated heterocycles. The van der Waals surface area contributed by atoms with Crippen molar-refractivity contribution < 1.29 is 46.8 Å². The van der Waals surface area contributed by atoms with Gasteiger partial charge in [-0.2, -0.15) is 0 Å². The number of aliphatic imine (C=N–C) groups is 2. The zero-order chi connectivity index (χ0) is 24.4. The average molecular weight is 511 g/mol. The molecule has 0 spiro atoms. The fourth-order valence-electron chi connectivity index (χ4n) is 4.16. The summed E-state index contributed by atoms with van der Waals surface area (Å²) in [6, 6.07) is 14.6. The van der Waals surface area contributed by atoms with Crippen molar-refractivity contribution >= 4 is 24.4 Å². The first kappa shape index (κ1) is 28.9. The van der Waals surface area contributed by atoms with E-state index in [1.807, 2.05) is 36.4 Å². The molecule has 0 aromatic heterocycles. The number of rotatable bonds is 4. The Bertz CT molecular complexity index is 1010. The summed E-state index contributed by atoms with van der Waals surface area (Å²) in [5.74, 6) is -0.987. The minimum atomic E-state index is -1.08. The number of para-hydroxylation sites is 2. The molecule has 3 unspecified atom stereocenters. The average Bonchev–Trinajstić information content (AvgIpc) is 3.30. The van der Waals surface area contributed by atoms with E-state index >= 15 is 0 Å². The van der Waals surface area contributed by atoms with Gasteiger partial charge >= 0.3 is 16.8 Å². The Morgan fingerprint density at radius 1 is 0.941 bits per heavy atom. The molecule has 2 aromatic carbocycles. The minimum Gasteiger partial charge on any atom is -0.550 e. The molecule has 0 aliphatic heterocycles. The Labute approximate surface area is 209 Å². The fourth-order valence-corrected chi connectivity index (χ4v) is 4.16. The summed E-state index contributed by atoms with van der Waals surface area (Å²) in [6.45, 7) is 1.94. The predicted molar refractivity (Wildman–Crippen MR) is 121 cm³/mol. The number of carboxylic acid groups (broad SMARTS) is 2. The molecule has 0 amide bonds. The van der Waals surface area contributed by atoms with E-state index < -0.39 is 11.9 Å². The number of carbonyl (C=O) groups excluding carboxylic acids is 2. The Morgan fingerprint density at radius 2 is 1.41 bits per heavy atom. The second kappa shape index (κ2) is 13.5. The SMILES string of the molecule is CC(=O)[O-].CC(=O)[O-].Oc1ccccc1C=NC1CC2CCC1(N=Cc1ccccc1O)C2.[Co+2]. The van der Waals surface area contributed by atoms with Gasteiger partial charge in [-0.3, -0.25) is 9.98 Å².